The van der Waals surface area contributed by atoms with Crippen molar-refractivity contribution < 1.29 is 14.4 Å². The van der Waals surface area contributed by atoms with Gasteiger partial charge in [-0.3, -0.25) is 19.7 Å². The topological polar surface area (TPSA) is 69.7 Å². The van der Waals surface area contributed by atoms with Gasteiger partial charge in [0.1, 0.15) is 5.54 Å². The van der Waals surface area contributed by atoms with E-state index in [1.54, 1.807) is 29.2 Å². The first kappa shape index (κ1) is 22.7. The summed E-state index contributed by atoms with van der Waals surface area (Å²) in [5.74, 6) is -2.41. The van der Waals surface area contributed by atoms with E-state index in [1.165, 1.54) is 4.90 Å². The number of hydrogen-bond acceptors (Lipinski definition) is 4. The Bertz CT molecular complexity index is 1420. The van der Waals surface area contributed by atoms with Gasteiger partial charge in [-0.1, -0.05) is 78.4 Å². The molecule has 0 radical (unpaired) electrons. The first-order valence-electron chi connectivity index (χ1n) is 12.0. The van der Waals surface area contributed by atoms with E-state index in [1.807, 2.05) is 73.7 Å². The summed E-state index contributed by atoms with van der Waals surface area (Å²) in [5.41, 5.74) is 1.64. The second-order valence-electron chi connectivity index (χ2n) is 9.48. The third-order valence-corrected chi connectivity index (χ3v) is 7.71. The molecule has 3 aliphatic heterocycles. The van der Waals surface area contributed by atoms with Crippen LogP contribution in [0.3, 0.4) is 0 Å². The van der Waals surface area contributed by atoms with Crippen molar-refractivity contribution in [3.8, 4) is 0 Å². The van der Waals surface area contributed by atoms with Crippen LogP contribution in [-0.4, -0.2) is 30.3 Å². The number of halogens is 1. The molecule has 4 atom stereocenters. The Morgan fingerprint density at radius 2 is 1.69 bits per heavy atom. The van der Waals surface area contributed by atoms with Crippen LogP contribution in [0.15, 0.2) is 84.9 Å². The van der Waals surface area contributed by atoms with Crippen LogP contribution in [0.25, 0.3) is 6.08 Å². The molecule has 6 nitrogen and oxygen atoms in total. The number of fused-ring (bicyclic) bond motifs is 4. The lowest BCUT2D eigenvalue weighted by Crippen LogP contribution is -2.55. The van der Waals surface area contributed by atoms with Crippen LogP contribution in [0.1, 0.15) is 18.1 Å². The Morgan fingerprint density at radius 1 is 0.944 bits per heavy atom. The molecule has 2 saturated heterocycles. The molecule has 0 saturated carbocycles. The summed E-state index contributed by atoms with van der Waals surface area (Å²) in [6, 6.07) is 23.7. The molecule has 7 heteroatoms. The average Bonchev–Trinajstić information content (AvgIpc) is 3.43. The number of carbonyl (C=O) groups is 3. The Balaban J connectivity index is 1.40. The van der Waals surface area contributed by atoms with Gasteiger partial charge in [0.2, 0.25) is 11.8 Å². The van der Waals surface area contributed by atoms with Gasteiger partial charge in [0.25, 0.3) is 5.91 Å². The van der Waals surface area contributed by atoms with Crippen molar-refractivity contribution in [2.45, 2.75) is 18.5 Å². The molecule has 0 aromatic heterocycles. The van der Waals surface area contributed by atoms with Gasteiger partial charge in [0, 0.05) is 28.9 Å². The SMILES string of the molecule is CC1NC2(C(=O)N(C/C=C\c3ccccc3)c3ccccc32)C2C(=O)N(c3cccc(Cl)c3)C(=O)C12. The zero-order valence-corrected chi connectivity index (χ0v) is 20.4. The fourth-order valence-electron chi connectivity index (χ4n) is 6.02. The van der Waals surface area contributed by atoms with E-state index in [0.29, 0.717) is 17.3 Å². The van der Waals surface area contributed by atoms with Crippen molar-refractivity contribution in [2.24, 2.45) is 11.8 Å². The van der Waals surface area contributed by atoms with Crippen molar-refractivity contribution in [2.75, 3.05) is 16.3 Å². The summed E-state index contributed by atoms with van der Waals surface area (Å²) < 4.78 is 0. The first-order valence-corrected chi connectivity index (χ1v) is 12.4. The lowest BCUT2D eigenvalue weighted by Gasteiger charge is -2.30. The van der Waals surface area contributed by atoms with Crippen LogP contribution in [0.5, 0.6) is 0 Å². The molecule has 3 aromatic rings. The molecule has 4 unspecified atom stereocenters. The Morgan fingerprint density at radius 3 is 2.47 bits per heavy atom. The van der Waals surface area contributed by atoms with Crippen LogP contribution >= 0.6 is 11.6 Å². The zero-order valence-electron chi connectivity index (χ0n) is 19.6. The average molecular weight is 498 g/mol. The van der Waals surface area contributed by atoms with E-state index < -0.39 is 17.4 Å². The molecule has 3 amide bonds. The molecule has 3 aliphatic rings. The predicted octanol–water partition coefficient (Wildman–Crippen LogP) is 4.39. The summed E-state index contributed by atoms with van der Waals surface area (Å²) >= 11 is 6.16. The lowest BCUT2D eigenvalue weighted by molar-refractivity contribution is -0.132. The zero-order chi connectivity index (χ0) is 25.0. The number of para-hydroxylation sites is 1. The highest BCUT2D eigenvalue weighted by atomic mass is 35.5. The molecule has 2 fully saturated rings. The minimum absolute atomic E-state index is 0.213. The van der Waals surface area contributed by atoms with E-state index >= 15 is 0 Å². The number of nitrogens with zero attached hydrogens (tertiary/aromatic N) is 2. The molecule has 3 heterocycles. The Kier molecular flexibility index (Phi) is 5.32. The lowest BCUT2D eigenvalue weighted by atomic mass is 9.76. The van der Waals surface area contributed by atoms with E-state index in [4.69, 9.17) is 11.6 Å². The number of anilines is 2. The van der Waals surface area contributed by atoms with Crippen molar-refractivity contribution in [3.05, 3.63) is 101 Å². The molecular weight excluding hydrogens is 474 g/mol. The van der Waals surface area contributed by atoms with Crippen molar-refractivity contribution in [1.82, 2.24) is 5.32 Å². The molecule has 0 bridgehead atoms. The normalized spacial score (nSPS) is 26.9. The van der Waals surface area contributed by atoms with Crippen LogP contribution in [0, 0.1) is 11.8 Å². The van der Waals surface area contributed by atoms with Gasteiger partial charge in [0.15, 0.2) is 0 Å². The highest BCUT2D eigenvalue weighted by Gasteiger charge is 2.71. The number of imide groups is 1. The molecule has 6 rings (SSSR count). The third kappa shape index (κ3) is 3.18. The van der Waals surface area contributed by atoms with E-state index in [2.05, 4.69) is 5.32 Å². The molecule has 0 aliphatic carbocycles. The van der Waals surface area contributed by atoms with Crippen molar-refractivity contribution in [3.63, 3.8) is 0 Å². The Hall–Kier alpha value is -3.74. The van der Waals surface area contributed by atoms with E-state index in [-0.39, 0.29) is 23.8 Å². The number of carbonyl (C=O) groups excluding carboxylic acids is 3. The van der Waals surface area contributed by atoms with Gasteiger partial charge in [-0.15, -0.1) is 0 Å². The number of hydrogen-bond donors (Lipinski definition) is 1. The minimum atomic E-state index is -1.30. The number of amides is 3. The van der Waals surface area contributed by atoms with Crippen LogP contribution < -0.4 is 15.1 Å². The van der Waals surface area contributed by atoms with Crippen LogP contribution in [-0.2, 0) is 19.9 Å². The highest BCUT2D eigenvalue weighted by Crippen LogP contribution is 2.55. The summed E-state index contributed by atoms with van der Waals surface area (Å²) in [6.45, 7) is 2.22. The number of benzene rings is 3. The summed E-state index contributed by atoms with van der Waals surface area (Å²) in [5, 5.41) is 3.84. The number of nitrogens with one attached hydrogen (secondary N) is 1. The fourth-order valence-corrected chi connectivity index (χ4v) is 6.20. The van der Waals surface area contributed by atoms with Crippen LogP contribution in [0.2, 0.25) is 5.02 Å². The van der Waals surface area contributed by atoms with Crippen LogP contribution in [0.4, 0.5) is 11.4 Å². The molecule has 36 heavy (non-hydrogen) atoms. The highest BCUT2D eigenvalue weighted by molar-refractivity contribution is 6.31. The van der Waals surface area contributed by atoms with E-state index in [0.717, 1.165) is 16.8 Å². The molecular formula is C29H24ClN3O3. The fraction of sp³-hybridized carbons (Fsp3) is 0.207. The smallest absolute Gasteiger partial charge is 0.253 e. The quantitative estimate of drug-likeness (QED) is 0.543. The van der Waals surface area contributed by atoms with E-state index in [9.17, 15) is 14.4 Å². The summed E-state index contributed by atoms with van der Waals surface area (Å²) in [7, 11) is 0. The van der Waals surface area contributed by atoms with Gasteiger partial charge in [-0.2, -0.15) is 0 Å². The number of rotatable bonds is 4. The van der Waals surface area contributed by atoms with Crippen molar-refractivity contribution in [1.29, 1.82) is 0 Å². The maximum Gasteiger partial charge on any atom is 0.253 e. The van der Waals surface area contributed by atoms with Gasteiger partial charge < -0.3 is 4.90 Å². The standard InChI is InChI=1S/C29H24ClN3O3/c1-18-24-25(27(35)33(26(24)34)21-13-7-12-20(30)17-21)29(31-18)22-14-5-6-15-23(22)32(28(29)36)16-8-11-19-9-3-2-4-10-19/h2-15,17-18,24-25,31H,16H2,1H3/b11-8-. The first-order chi connectivity index (χ1) is 17.4. The minimum Gasteiger partial charge on any atom is -0.306 e. The molecule has 180 valence electrons. The van der Waals surface area contributed by atoms with Gasteiger partial charge in [0.05, 0.1) is 17.5 Å². The maximum absolute atomic E-state index is 14.2. The molecule has 1 spiro atoms. The second-order valence-corrected chi connectivity index (χ2v) is 9.92. The summed E-state index contributed by atoms with van der Waals surface area (Å²) in [4.78, 5) is 44.6. The largest absolute Gasteiger partial charge is 0.306 e. The second kappa shape index (κ2) is 8.43. The predicted molar refractivity (Wildman–Crippen MR) is 139 cm³/mol. The molecule has 3 aromatic carbocycles. The Labute approximate surface area is 214 Å². The maximum atomic E-state index is 14.2. The van der Waals surface area contributed by atoms with Gasteiger partial charge >= 0.3 is 0 Å². The summed E-state index contributed by atoms with van der Waals surface area (Å²) in [6.07, 6.45) is 3.91. The third-order valence-electron chi connectivity index (χ3n) is 7.48. The van der Waals surface area contributed by atoms with Gasteiger partial charge in [-0.25, -0.2) is 4.90 Å². The van der Waals surface area contributed by atoms with Crippen molar-refractivity contribution >= 4 is 46.8 Å². The molecule has 1 N–H and O–H groups in total. The van der Waals surface area contributed by atoms with Gasteiger partial charge in [-0.05, 0) is 36.8 Å². The monoisotopic (exact) mass is 497 g/mol.